The van der Waals surface area contributed by atoms with Gasteiger partial charge in [0, 0.05) is 6.61 Å². The summed E-state index contributed by atoms with van der Waals surface area (Å²) in [6, 6.07) is 7.17. The first-order valence-corrected chi connectivity index (χ1v) is 8.00. The fourth-order valence-electron chi connectivity index (χ4n) is 3.47. The van der Waals surface area contributed by atoms with E-state index in [-0.39, 0.29) is 12.1 Å². The van der Waals surface area contributed by atoms with Gasteiger partial charge < -0.3 is 4.74 Å². The minimum absolute atomic E-state index is 0.224. The normalized spacial score (nSPS) is 20.7. The number of rotatable bonds is 7. The van der Waals surface area contributed by atoms with Gasteiger partial charge >= 0.3 is 0 Å². The number of benzene rings is 1. The van der Waals surface area contributed by atoms with E-state index in [0.29, 0.717) is 5.92 Å². The second-order valence-corrected chi connectivity index (χ2v) is 6.19. The molecule has 0 saturated heterocycles. The number of fused-ring (bicyclic) bond motifs is 1. The largest absolute Gasteiger partial charge is 0.377 e. The van der Waals surface area contributed by atoms with Crippen molar-refractivity contribution in [1.29, 1.82) is 0 Å². The Morgan fingerprint density at radius 2 is 2.10 bits per heavy atom. The highest BCUT2D eigenvalue weighted by molar-refractivity contribution is 5.35. The Kier molecular flexibility index (Phi) is 4.39. The average Bonchev–Trinajstić information content (AvgIpc) is 3.20. The van der Waals surface area contributed by atoms with Gasteiger partial charge in [0.25, 0.3) is 0 Å². The molecule has 0 amide bonds. The Hall–Kier alpha value is -0.900. The van der Waals surface area contributed by atoms with E-state index in [1.54, 1.807) is 0 Å². The van der Waals surface area contributed by atoms with Crippen molar-refractivity contribution in [2.75, 3.05) is 6.61 Å². The molecule has 2 aliphatic rings. The highest BCUT2D eigenvalue weighted by Crippen LogP contribution is 2.36. The maximum Gasteiger partial charge on any atom is 0.0772 e. The van der Waals surface area contributed by atoms with E-state index in [0.717, 1.165) is 13.0 Å². The van der Waals surface area contributed by atoms with Gasteiger partial charge in [-0.3, -0.25) is 11.3 Å². The van der Waals surface area contributed by atoms with Crippen LogP contribution in [-0.2, 0) is 24.0 Å². The molecule has 1 fully saturated rings. The molecule has 0 aromatic heterocycles. The SMILES string of the molecule is CCOC(C1CC1)C(Cc1ccc2c(c1)CCC2)NN. The molecule has 2 atom stereocenters. The summed E-state index contributed by atoms with van der Waals surface area (Å²) >= 11 is 0. The van der Waals surface area contributed by atoms with Crippen LogP contribution < -0.4 is 11.3 Å². The molecular formula is C17H26N2O. The van der Waals surface area contributed by atoms with Crippen LogP contribution in [-0.4, -0.2) is 18.8 Å². The Morgan fingerprint density at radius 3 is 2.80 bits per heavy atom. The second-order valence-electron chi connectivity index (χ2n) is 6.19. The summed E-state index contributed by atoms with van der Waals surface area (Å²) in [5.41, 5.74) is 7.46. The lowest BCUT2D eigenvalue weighted by molar-refractivity contribution is 0.0192. The summed E-state index contributed by atoms with van der Waals surface area (Å²) in [5.74, 6) is 6.50. The summed E-state index contributed by atoms with van der Waals surface area (Å²) in [5, 5.41) is 0. The molecule has 0 radical (unpaired) electrons. The van der Waals surface area contributed by atoms with Crippen molar-refractivity contribution in [3.8, 4) is 0 Å². The van der Waals surface area contributed by atoms with E-state index in [9.17, 15) is 0 Å². The molecular weight excluding hydrogens is 248 g/mol. The van der Waals surface area contributed by atoms with Crippen LogP contribution in [0.25, 0.3) is 0 Å². The molecule has 2 unspecified atom stereocenters. The first-order chi connectivity index (χ1) is 9.81. The van der Waals surface area contributed by atoms with Crippen molar-refractivity contribution in [3.05, 3.63) is 34.9 Å². The van der Waals surface area contributed by atoms with Gasteiger partial charge in [-0.1, -0.05) is 18.2 Å². The van der Waals surface area contributed by atoms with Crippen molar-refractivity contribution in [3.63, 3.8) is 0 Å². The zero-order valence-electron chi connectivity index (χ0n) is 12.4. The number of hydrogen-bond donors (Lipinski definition) is 2. The van der Waals surface area contributed by atoms with Crippen LogP contribution in [0.2, 0.25) is 0 Å². The molecule has 0 heterocycles. The predicted octanol–water partition coefficient (Wildman–Crippen LogP) is 2.36. The zero-order valence-corrected chi connectivity index (χ0v) is 12.4. The molecule has 2 aliphatic carbocycles. The third kappa shape index (κ3) is 3.05. The average molecular weight is 274 g/mol. The molecule has 0 spiro atoms. The first kappa shape index (κ1) is 14.1. The summed E-state index contributed by atoms with van der Waals surface area (Å²) in [7, 11) is 0. The Balaban J connectivity index is 1.70. The van der Waals surface area contributed by atoms with Crippen LogP contribution in [0.4, 0.5) is 0 Å². The Labute approximate surface area is 121 Å². The van der Waals surface area contributed by atoms with Crippen molar-refractivity contribution in [2.45, 2.75) is 57.6 Å². The van der Waals surface area contributed by atoms with Crippen molar-refractivity contribution in [1.82, 2.24) is 5.43 Å². The molecule has 3 rings (SSSR count). The number of nitrogens with two attached hydrogens (primary N) is 1. The number of nitrogens with one attached hydrogen (secondary N) is 1. The number of hydrogen-bond acceptors (Lipinski definition) is 3. The molecule has 1 saturated carbocycles. The lowest BCUT2D eigenvalue weighted by Gasteiger charge is -2.26. The highest BCUT2D eigenvalue weighted by atomic mass is 16.5. The van der Waals surface area contributed by atoms with E-state index in [4.69, 9.17) is 10.6 Å². The third-order valence-electron chi connectivity index (χ3n) is 4.67. The van der Waals surface area contributed by atoms with Crippen LogP contribution in [0.3, 0.4) is 0 Å². The fourth-order valence-corrected chi connectivity index (χ4v) is 3.47. The molecule has 3 nitrogen and oxygen atoms in total. The number of hydrazine groups is 1. The third-order valence-corrected chi connectivity index (χ3v) is 4.67. The van der Waals surface area contributed by atoms with E-state index in [1.165, 1.54) is 48.8 Å². The molecule has 110 valence electrons. The number of ether oxygens (including phenoxy) is 1. The van der Waals surface area contributed by atoms with Gasteiger partial charge in [-0.25, -0.2) is 0 Å². The van der Waals surface area contributed by atoms with E-state index >= 15 is 0 Å². The molecule has 20 heavy (non-hydrogen) atoms. The van der Waals surface area contributed by atoms with Crippen molar-refractivity contribution < 1.29 is 4.74 Å². The van der Waals surface area contributed by atoms with Crippen LogP contribution in [0, 0.1) is 5.92 Å². The minimum Gasteiger partial charge on any atom is -0.377 e. The van der Waals surface area contributed by atoms with Gasteiger partial charge in [-0.2, -0.15) is 0 Å². The summed E-state index contributed by atoms with van der Waals surface area (Å²) in [4.78, 5) is 0. The maximum atomic E-state index is 5.94. The monoisotopic (exact) mass is 274 g/mol. The first-order valence-electron chi connectivity index (χ1n) is 8.00. The van der Waals surface area contributed by atoms with Gasteiger partial charge in [0.15, 0.2) is 0 Å². The Bertz CT molecular complexity index is 456. The topological polar surface area (TPSA) is 47.3 Å². The maximum absolute atomic E-state index is 5.94. The quantitative estimate of drug-likeness (QED) is 0.593. The number of aryl methyl sites for hydroxylation is 2. The molecule has 1 aromatic rings. The van der Waals surface area contributed by atoms with Crippen LogP contribution >= 0.6 is 0 Å². The molecule has 0 bridgehead atoms. The minimum atomic E-state index is 0.224. The van der Waals surface area contributed by atoms with Crippen LogP contribution in [0.1, 0.15) is 42.9 Å². The van der Waals surface area contributed by atoms with Crippen molar-refractivity contribution >= 4 is 0 Å². The zero-order chi connectivity index (χ0) is 13.9. The summed E-state index contributed by atoms with van der Waals surface area (Å²) < 4.78 is 5.94. The summed E-state index contributed by atoms with van der Waals surface area (Å²) in [6.07, 6.45) is 7.59. The fraction of sp³-hybridized carbons (Fsp3) is 0.647. The van der Waals surface area contributed by atoms with Gasteiger partial charge in [-0.05, 0) is 68.1 Å². The molecule has 3 N–H and O–H groups in total. The summed E-state index contributed by atoms with van der Waals surface area (Å²) in [6.45, 7) is 2.84. The van der Waals surface area contributed by atoms with Gasteiger partial charge in [0.05, 0.1) is 12.1 Å². The Morgan fingerprint density at radius 1 is 1.30 bits per heavy atom. The van der Waals surface area contributed by atoms with Gasteiger partial charge in [0.1, 0.15) is 0 Å². The molecule has 0 aliphatic heterocycles. The smallest absolute Gasteiger partial charge is 0.0772 e. The molecule has 1 aromatic carbocycles. The van der Waals surface area contributed by atoms with E-state index in [1.807, 2.05) is 0 Å². The standard InChI is InChI=1S/C17H26N2O/c1-2-20-17(14-8-9-14)16(19-18)11-12-6-7-13-4-3-5-15(13)10-12/h6-7,10,14,16-17,19H,2-5,8-9,11,18H2,1H3. The van der Waals surface area contributed by atoms with Crippen LogP contribution in [0.15, 0.2) is 18.2 Å². The molecule has 3 heteroatoms. The van der Waals surface area contributed by atoms with Crippen LogP contribution in [0.5, 0.6) is 0 Å². The second kappa shape index (κ2) is 6.25. The van der Waals surface area contributed by atoms with E-state index in [2.05, 4.69) is 30.5 Å². The lowest BCUT2D eigenvalue weighted by Crippen LogP contribution is -2.47. The van der Waals surface area contributed by atoms with Gasteiger partial charge in [0.2, 0.25) is 0 Å². The van der Waals surface area contributed by atoms with Crippen molar-refractivity contribution in [2.24, 2.45) is 11.8 Å². The predicted molar refractivity (Wildman–Crippen MR) is 81.4 cm³/mol. The highest BCUT2D eigenvalue weighted by Gasteiger charge is 2.36. The van der Waals surface area contributed by atoms with Gasteiger partial charge in [-0.15, -0.1) is 0 Å². The lowest BCUT2D eigenvalue weighted by atomic mass is 9.96. The van der Waals surface area contributed by atoms with E-state index < -0.39 is 0 Å².